The zero-order valence-corrected chi connectivity index (χ0v) is 18.7. The van der Waals surface area contributed by atoms with E-state index in [0.717, 1.165) is 35.1 Å². The Labute approximate surface area is 186 Å². The van der Waals surface area contributed by atoms with E-state index >= 15 is 0 Å². The van der Waals surface area contributed by atoms with E-state index in [-0.39, 0.29) is 17.6 Å². The SMILES string of the molecule is CCc1ccc(NC(=O)CN2C(=O)S/C(=C/c3ccccc3O[C@H](C)CC)C2=O)cc1. The second kappa shape index (κ2) is 10.3. The van der Waals surface area contributed by atoms with Crippen molar-refractivity contribution in [1.29, 1.82) is 0 Å². The Morgan fingerprint density at radius 2 is 1.84 bits per heavy atom. The van der Waals surface area contributed by atoms with Crippen molar-refractivity contribution in [1.82, 2.24) is 4.90 Å². The molecule has 1 saturated heterocycles. The maximum Gasteiger partial charge on any atom is 0.294 e. The molecule has 7 heteroatoms. The summed E-state index contributed by atoms with van der Waals surface area (Å²) in [7, 11) is 0. The van der Waals surface area contributed by atoms with Crippen molar-refractivity contribution < 1.29 is 19.1 Å². The molecule has 3 amide bonds. The summed E-state index contributed by atoms with van der Waals surface area (Å²) >= 11 is 0.826. The highest BCUT2D eigenvalue weighted by Crippen LogP contribution is 2.34. The summed E-state index contributed by atoms with van der Waals surface area (Å²) in [6.45, 7) is 5.72. The van der Waals surface area contributed by atoms with Crippen LogP contribution in [-0.2, 0) is 16.0 Å². The molecule has 0 saturated carbocycles. The van der Waals surface area contributed by atoms with Crippen LogP contribution in [0.15, 0.2) is 53.4 Å². The fourth-order valence-electron chi connectivity index (χ4n) is 2.95. The molecule has 0 spiro atoms. The maximum atomic E-state index is 12.8. The van der Waals surface area contributed by atoms with Crippen LogP contribution in [0.3, 0.4) is 0 Å². The standard InChI is InChI=1S/C24H26N2O4S/c1-4-16(3)30-20-9-7-6-8-18(20)14-21-23(28)26(24(29)31-21)15-22(27)25-19-12-10-17(5-2)11-13-19/h6-14,16H,4-5,15H2,1-3H3,(H,25,27)/b21-14+/t16-/m1/s1. The van der Waals surface area contributed by atoms with E-state index in [1.807, 2.05) is 50.2 Å². The quantitative estimate of drug-likeness (QED) is 0.580. The van der Waals surface area contributed by atoms with E-state index in [1.54, 1.807) is 18.2 Å². The van der Waals surface area contributed by atoms with Crippen LogP contribution in [0, 0.1) is 0 Å². The summed E-state index contributed by atoms with van der Waals surface area (Å²) in [5, 5.41) is 2.26. The zero-order valence-electron chi connectivity index (χ0n) is 17.9. The van der Waals surface area contributed by atoms with Gasteiger partial charge in [-0.2, -0.15) is 0 Å². The van der Waals surface area contributed by atoms with Crippen molar-refractivity contribution in [2.24, 2.45) is 0 Å². The Morgan fingerprint density at radius 3 is 2.52 bits per heavy atom. The minimum absolute atomic E-state index is 0.0275. The molecule has 6 nitrogen and oxygen atoms in total. The smallest absolute Gasteiger partial charge is 0.294 e. The molecule has 2 aromatic rings. The highest BCUT2D eigenvalue weighted by Gasteiger charge is 2.36. The Hall–Kier alpha value is -3.06. The number of imide groups is 1. The lowest BCUT2D eigenvalue weighted by Gasteiger charge is -2.15. The average molecular weight is 439 g/mol. The third-order valence-electron chi connectivity index (χ3n) is 4.93. The fourth-order valence-corrected chi connectivity index (χ4v) is 3.78. The number of hydrogen-bond acceptors (Lipinski definition) is 5. The van der Waals surface area contributed by atoms with E-state index in [4.69, 9.17) is 4.74 Å². The number of carbonyl (C=O) groups is 3. The molecule has 1 aliphatic rings. The average Bonchev–Trinajstić information content (AvgIpc) is 3.02. The molecule has 31 heavy (non-hydrogen) atoms. The minimum atomic E-state index is -0.482. The highest BCUT2D eigenvalue weighted by atomic mass is 32.2. The third kappa shape index (κ3) is 5.76. The number of benzene rings is 2. The number of thioether (sulfide) groups is 1. The lowest BCUT2D eigenvalue weighted by molar-refractivity contribution is -0.127. The summed E-state index contributed by atoms with van der Waals surface area (Å²) in [5.74, 6) is -0.255. The zero-order chi connectivity index (χ0) is 22.4. The molecule has 0 bridgehead atoms. The number of nitrogens with one attached hydrogen (secondary N) is 1. The van der Waals surface area contributed by atoms with Crippen molar-refractivity contribution >= 4 is 40.6 Å². The lowest BCUT2D eigenvalue weighted by Crippen LogP contribution is -2.36. The first-order chi connectivity index (χ1) is 14.9. The number of carbonyl (C=O) groups excluding carboxylic acids is 3. The van der Waals surface area contributed by atoms with Gasteiger partial charge in [0.1, 0.15) is 12.3 Å². The van der Waals surface area contributed by atoms with Crippen LogP contribution in [0.1, 0.15) is 38.3 Å². The molecule has 2 aromatic carbocycles. The molecule has 0 aliphatic carbocycles. The fraction of sp³-hybridized carbons (Fsp3) is 0.292. The number of aryl methyl sites for hydroxylation is 1. The molecule has 1 heterocycles. The van der Waals surface area contributed by atoms with Gasteiger partial charge in [0, 0.05) is 11.3 Å². The van der Waals surface area contributed by atoms with Gasteiger partial charge in [0.15, 0.2) is 0 Å². The molecule has 0 aromatic heterocycles. The number of rotatable bonds is 8. The number of para-hydroxylation sites is 1. The largest absolute Gasteiger partial charge is 0.490 e. The maximum absolute atomic E-state index is 12.8. The Bertz CT molecular complexity index is 1000. The van der Waals surface area contributed by atoms with Crippen LogP contribution in [0.4, 0.5) is 10.5 Å². The molecule has 3 rings (SSSR count). The number of hydrogen-bond donors (Lipinski definition) is 1. The number of amides is 3. The van der Waals surface area contributed by atoms with Crippen LogP contribution in [-0.4, -0.2) is 34.6 Å². The van der Waals surface area contributed by atoms with Gasteiger partial charge in [-0.05, 0) is 61.4 Å². The molecule has 0 unspecified atom stereocenters. The number of ether oxygens (including phenoxy) is 1. The minimum Gasteiger partial charge on any atom is -0.490 e. The predicted molar refractivity (Wildman–Crippen MR) is 124 cm³/mol. The molecule has 1 N–H and O–H groups in total. The van der Waals surface area contributed by atoms with Gasteiger partial charge in [-0.1, -0.05) is 44.2 Å². The van der Waals surface area contributed by atoms with Crippen LogP contribution >= 0.6 is 11.8 Å². The topological polar surface area (TPSA) is 75.7 Å². The monoisotopic (exact) mass is 438 g/mol. The van der Waals surface area contributed by atoms with Gasteiger partial charge in [0.25, 0.3) is 11.1 Å². The van der Waals surface area contributed by atoms with Crippen LogP contribution in [0.2, 0.25) is 0 Å². The molecular formula is C24H26N2O4S. The summed E-state index contributed by atoms with van der Waals surface area (Å²) in [6.07, 6.45) is 3.42. The molecule has 162 valence electrons. The molecule has 1 aliphatic heterocycles. The molecule has 0 radical (unpaired) electrons. The molecular weight excluding hydrogens is 412 g/mol. The van der Waals surface area contributed by atoms with E-state index in [0.29, 0.717) is 17.0 Å². The summed E-state index contributed by atoms with van der Waals surface area (Å²) in [5.41, 5.74) is 2.50. The van der Waals surface area contributed by atoms with Crippen LogP contribution in [0.5, 0.6) is 5.75 Å². The van der Waals surface area contributed by atoms with Gasteiger partial charge < -0.3 is 10.1 Å². The Balaban J connectivity index is 1.70. The van der Waals surface area contributed by atoms with Crippen molar-refractivity contribution in [2.45, 2.75) is 39.7 Å². The first kappa shape index (κ1) is 22.6. The van der Waals surface area contributed by atoms with Gasteiger partial charge in [-0.3, -0.25) is 19.3 Å². The number of nitrogens with zero attached hydrogens (tertiary/aromatic N) is 1. The van der Waals surface area contributed by atoms with Gasteiger partial charge >= 0.3 is 0 Å². The summed E-state index contributed by atoms with van der Waals surface area (Å²) in [4.78, 5) is 38.8. The number of anilines is 1. The van der Waals surface area contributed by atoms with Crippen LogP contribution in [0.25, 0.3) is 6.08 Å². The van der Waals surface area contributed by atoms with E-state index < -0.39 is 17.1 Å². The van der Waals surface area contributed by atoms with Gasteiger partial charge in [-0.15, -0.1) is 0 Å². The van der Waals surface area contributed by atoms with E-state index in [9.17, 15) is 14.4 Å². The second-order valence-corrected chi connectivity index (χ2v) is 8.23. The van der Waals surface area contributed by atoms with Crippen molar-refractivity contribution in [3.05, 3.63) is 64.6 Å². The molecule has 1 atom stereocenters. The summed E-state index contributed by atoms with van der Waals surface area (Å²) in [6, 6.07) is 14.8. The first-order valence-corrected chi connectivity index (χ1v) is 11.1. The lowest BCUT2D eigenvalue weighted by atomic mass is 10.1. The van der Waals surface area contributed by atoms with Gasteiger partial charge in [0.2, 0.25) is 5.91 Å². The Morgan fingerprint density at radius 1 is 1.13 bits per heavy atom. The van der Waals surface area contributed by atoms with Gasteiger partial charge in [0.05, 0.1) is 11.0 Å². The van der Waals surface area contributed by atoms with Crippen molar-refractivity contribution in [3.63, 3.8) is 0 Å². The normalized spacial score (nSPS) is 16.0. The second-order valence-electron chi connectivity index (χ2n) is 7.24. The van der Waals surface area contributed by atoms with E-state index in [2.05, 4.69) is 12.2 Å². The van der Waals surface area contributed by atoms with Crippen molar-refractivity contribution in [3.8, 4) is 5.75 Å². The van der Waals surface area contributed by atoms with Crippen molar-refractivity contribution in [2.75, 3.05) is 11.9 Å². The van der Waals surface area contributed by atoms with E-state index in [1.165, 1.54) is 0 Å². The third-order valence-corrected chi connectivity index (χ3v) is 5.84. The van der Waals surface area contributed by atoms with Gasteiger partial charge in [-0.25, -0.2) is 0 Å². The summed E-state index contributed by atoms with van der Waals surface area (Å²) < 4.78 is 5.91. The molecule has 1 fully saturated rings. The highest BCUT2D eigenvalue weighted by molar-refractivity contribution is 8.18. The first-order valence-electron chi connectivity index (χ1n) is 10.3. The Kier molecular flexibility index (Phi) is 7.52. The van der Waals surface area contributed by atoms with Crippen LogP contribution < -0.4 is 10.1 Å². The predicted octanol–water partition coefficient (Wildman–Crippen LogP) is 5.10.